The highest BCUT2D eigenvalue weighted by molar-refractivity contribution is 5.87. The van der Waals surface area contributed by atoms with Crippen LogP contribution in [0.25, 0.3) is 22.2 Å². The first-order valence-electron chi connectivity index (χ1n) is 10.3. The van der Waals surface area contributed by atoms with Crippen molar-refractivity contribution < 1.29 is 5.11 Å². The van der Waals surface area contributed by atoms with E-state index in [4.69, 9.17) is 0 Å². The summed E-state index contributed by atoms with van der Waals surface area (Å²) in [5.41, 5.74) is 1.65. The van der Waals surface area contributed by atoms with Crippen LogP contribution in [-0.4, -0.2) is 44.5 Å². The molecule has 1 fully saturated rings. The molecule has 4 rings (SSSR count). The standard InChI is InChI=1S/C23H29N5O2/c1-22(2)12-15(13-23(3,4)27-22)28(5)20-8-7-17(25-26-20)16-10-14-6-9-21(30)24-18(14)11-19(16)29/h6-11,15,27,29H,12-13H2,1-5H3,(H,24,30). The van der Waals surface area contributed by atoms with E-state index >= 15 is 0 Å². The third kappa shape index (κ3) is 4.03. The number of nitrogens with one attached hydrogen (secondary N) is 2. The molecule has 1 aliphatic rings. The van der Waals surface area contributed by atoms with Crippen molar-refractivity contribution in [3.05, 3.63) is 46.8 Å². The third-order valence-electron chi connectivity index (χ3n) is 5.84. The Balaban J connectivity index is 1.61. The predicted molar refractivity (Wildman–Crippen MR) is 120 cm³/mol. The molecule has 1 saturated heterocycles. The molecule has 7 nitrogen and oxygen atoms in total. The van der Waals surface area contributed by atoms with Gasteiger partial charge in [0.2, 0.25) is 5.56 Å². The molecular weight excluding hydrogens is 378 g/mol. The number of nitrogens with zero attached hydrogens (tertiary/aromatic N) is 3. The molecule has 0 unspecified atom stereocenters. The number of aromatic amines is 1. The quantitative estimate of drug-likeness (QED) is 0.616. The molecule has 0 aliphatic carbocycles. The van der Waals surface area contributed by atoms with Crippen molar-refractivity contribution in [2.24, 2.45) is 0 Å². The molecule has 1 aromatic carbocycles. The largest absolute Gasteiger partial charge is 0.507 e. The number of phenolic OH excluding ortho intramolecular Hbond substituents is 1. The van der Waals surface area contributed by atoms with Gasteiger partial charge in [-0.15, -0.1) is 10.2 Å². The maximum absolute atomic E-state index is 11.5. The van der Waals surface area contributed by atoms with Crippen LogP contribution in [0.3, 0.4) is 0 Å². The fourth-order valence-corrected chi connectivity index (χ4v) is 4.78. The van der Waals surface area contributed by atoms with Crippen LogP contribution in [0.4, 0.5) is 5.82 Å². The molecule has 3 heterocycles. The van der Waals surface area contributed by atoms with E-state index in [0.717, 1.165) is 24.0 Å². The minimum atomic E-state index is -0.203. The Morgan fingerprint density at radius 3 is 2.37 bits per heavy atom. The zero-order valence-corrected chi connectivity index (χ0v) is 18.2. The molecule has 0 atom stereocenters. The lowest BCUT2D eigenvalue weighted by atomic mass is 9.79. The number of piperidine rings is 1. The van der Waals surface area contributed by atoms with Crippen LogP contribution in [0.5, 0.6) is 5.75 Å². The van der Waals surface area contributed by atoms with E-state index in [1.165, 1.54) is 6.07 Å². The zero-order valence-electron chi connectivity index (χ0n) is 18.2. The van der Waals surface area contributed by atoms with Crippen molar-refractivity contribution in [1.29, 1.82) is 0 Å². The number of rotatable bonds is 3. The number of hydrogen-bond donors (Lipinski definition) is 3. The summed E-state index contributed by atoms with van der Waals surface area (Å²) in [6.07, 6.45) is 2.03. The minimum absolute atomic E-state index is 0.0475. The number of aromatic nitrogens is 3. The van der Waals surface area contributed by atoms with Gasteiger partial charge in [-0.25, -0.2) is 0 Å². The van der Waals surface area contributed by atoms with E-state index < -0.39 is 0 Å². The van der Waals surface area contributed by atoms with Crippen LogP contribution in [0.15, 0.2) is 41.2 Å². The smallest absolute Gasteiger partial charge is 0.248 e. The first-order valence-corrected chi connectivity index (χ1v) is 10.3. The Hall–Kier alpha value is -2.93. The van der Waals surface area contributed by atoms with E-state index in [9.17, 15) is 9.90 Å². The first-order chi connectivity index (χ1) is 14.0. The van der Waals surface area contributed by atoms with E-state index in [1.807, 2.05) is 18.2 Å². The second-order valence-electron chi connectivity index (χ2n) is 9.62. The van der Waals surface area contributed by atoms with Gasteiger partial charge >= 0.3 is 0 Å². The van der Waals surface area contributed by atoms with Gasteiger partial charge in [-0.1, -0.05) is 0 Å². The fraction of sp³-hybridized carbons (Fsp3) is 0.435. The van der Waals surface area contributed by atoms with E-state index in [-0.39, 0.29) is 22.4 Å². The minimum Gasteiger partial charge on any atom is -0.507 e. The highest BCUT2D eigenvalue weighted by Crippen LogP contribution is 2.34. The number of fused-ring (bicyclic) bond motifs is 1. The molecule has 3 N–H and O–H groups in total. The highest BCUT2D eigenvalue weighted by Gasteiger charge is 2.39. The monoisotopic (exact) mass is 407 g/mol. The van der Waals surface area contributed by atoms with Gasteiger partial charge in [0.1, 0.15) is 5.75 Å². The SMILES string of the molecule is CN(c1ccc(-c2cc3ccc(=O)[nH]c3cc2O)nn1)C1CC(C)(C)NC(C)(C)C1. The second kappa shape index (κ2) is 7.09. The number of H-pyrrole nitrogens is 1. The van der Waals surface area contributed by atoms with Crippen molar-refractivity contribution in [3.63, 3.8) is 0 Å². The van der Waals surface area contributed by atoms with E-state index in [2.05, 4.69) is 60.1 Å². The summed E-state index contributed by atoms with van der Waals surface area (Å²) in [7, 11) is 2.07. The number of pyridine rings is 1. The van der Waals surface area contributed by atoms with E-state index in [1.54, 1.807) is 12.1 Å². The van der Waals surface area contributed by atoms with Gasteiger partial charge in [0, 0.05) is 41.9 Å². The molecule has 7 heteroatoms. The van der Waals surface area contributed by atoms with Gasteiger partial charge in [0.15, 0.2) is 5.82 Å². The molecule has 0 amide bonds. The van der Waals surface area contributed by atoms with Crippen LogP contribution in [0.1, 0.15) is 40.5 Å². The number of hydrogen-bond acceptors (Lipinski definition) is 6. The molecule has 158 valence electrons. The van der Waals surface area contributed by atoms with Gasteiger partial charge < -0.3 is 20.3 Å². The zero-order chi connectivity index (χ0) is 21.7. The summed E-state index contributed by atoms with van der Waals surface area (Å²) in [6.45, 7) is 8.94. The van der Waals surface area contributed by atoms with Gasteiger partial charge in [-0.3, -0.25) is 4.79 Å². The van der Waals surface area contributed by atoms with Crippen molar-refractivity contribution in [2.45, 2.75) is 57.7 Å². The Labute approximate surface area is 176 Å². The lowest BCUT2D eigenvalue weighted by Gasteiger charge is -2.49. The Morgan fingerprint density at radius 2 is 1.73 bits per heavy atom. The molecule has 1 aliphatic heterocycles. The van der Waals surface area contributed by atoms with E-state index in [0.29, 0.717) is 22.8 Å². The van der Waals surface area contributed by atoms with Crippen molar-refractivity contribution >= 4 is 16.7 Å². The van der Waals surface area contributed by atoms with Crippen LogP contribution in [0.2, 0.25) is 0 Å². The normalized spacial score (nSPS) is 18.4. The number of benzene rings is 1. The summed E-state index contributed by atoms with van der Waals surface area (Å²) in [4.78, 5) is 16.4. The van der Waals surface area contributed by atoms with Crippen molar-refractivity contribution in [3.8, 4) is 17.0 Å². The summed E-state index contributed by atoms with van der Waals surface area (Å²) < 4.78 is 0. The average Bonchev–Trinajstić information content (AvgIpc) is 2.64. The highest BCUT2D eigenvalue weighted by atomic mass is 16.3. The van der Waals surface area contributed by atoms with Crippen LogP contribution in [-0.2, 0) is 0 Å². The van der Waals surface area contributed by atoms with Gasteiger partial charge in [-0.05, 0) is 70.2 Å². The lowest BCUT2D eigenvalue weighted by molar-refractivity contribution is 0.160. The number of aromatic hydroxyl groups is 1. The van der Waals surface area contributed by atoms with Crippen molar-refractivity contribution in [1.82, 2.24) is 20.5 Å². The second-order valence-corrected chi connectivity index (χ2v) is 9.62. The number of phenols is 1. The first kappa shape index (κ1) is 20.3. The van der Waals surface area contributed by atoms with Gasteiger partial charge in [0.05, 0.1) is 11.2 Å². The van der Waals surface area contributed by atoms with Crippen LogP contribution < -0.4 is 15.8 Å². The summed E-state index contributed by atoms with van der Waals surface area (Å²) in [5, 5.41) is 23.8. The molecule has 2 aromatic heterocycles. The fourth-order valence-electron chi connectivity index (χ4n) is 4.78. The summed E-state index contributed by atoms with van der Waals surface area (Å²) in [6, 6.07) is 10.7. The number of anilines is 1. The third-order valence-corrected chi connectivity index (χ3v) is 5.84. The average molecular weight is 408 g/mol. The summed E-state index contributed by atoms with van der Waals surface area (Å²) >= 11 is 0. The molecule has 0 saturated carbocycles. The maximum atomic E-state index is 11.5. The van der Waals surface area contributed by atoms with Gasteiger partial charge in [0.25, 0.3) is 0 Å². The maximum Gasteiger partial charge on any atom is 0.248 e. The Morgan fingerprint density at radius 1 is 1.03 bits per heavy atom. The molecule has 3 aromatic rings. The topological polar surface area (TPSA) is 94.1 Å². The van der Waals surface area contributed by atoms with Gasteiger partial charge in [-0.2, -0.15) is 0 Å². The molecule has 0 bridgehead atoms. The van der Waals surface area contributed by atoms with Crippen LogP contribution in [0, 0.1) is 0 Å². The van der Waals surface area contributed by atoms with Crippen LogP contribution >= 0.6 is 0 Å². The Kier molecular flexibility index (Phi) is 4.81. The van der Waals surface area contributed by atoms with Crippen molar-refractivity contribution in [2.75, 3.05) is 11.9 Å². The molecular formula is C23H29N5O2. The molecule has 0 spiro atoms. The predicted octanol–water partition coefficient (Wildman–Crippen LogP) is 3.44. The molecule has 30 heavy (non-hydrogen) atoms. The summed E-state index contributed by atoms with van der Waals surface area (Å²) in [5.74, 6) is 0.864. The Bertz CT molecular complexity index is 1120. The lowest BCUT2D eigenvalue weighted by Crippen LogP contribution is -2.62. The molecule has 0 radical (unpaired) electrons.